The molecule has 0 bridgehead atoms. The molecule has 102 valence electrons. The van der Waals surface area contributed by atoms with Crippen molar-refractivity contribution in [2.45, 2.75) is 13.3 Å². The molecule has 1 N–H and O–H groups in total. The number of sulfonamides is 1. The van der Waals surface area contributed by atoms with Crippen LogP contribution in [-0.2, 0) is 10.0 Å². The molecule has 0 atom stereocenters. The lowest BCUT2D eigenvalue weighted by Gasteiger charge is -2.19. The summed E-state index contributed by atoms with van der Waals surface area (Å²) >= 11 is 0. The molecule has 0 amide bonds. The number of nitrogens with one attached hydrogen (secondary N) is 1. The zero-order chi connectivity index (χ0) is 13.6. The number of benzene rings is 1. The van der Waals surface area contributed by atoms with Crippen molar-refractivity contribution in [1.82, 2.24) is 5.32 Å². The molecule has 0 saturated heterocycles. The van der Waals surface area contributed by atoms with Crippen LogP contribution in [0, 0.1) is 5.82 Å². The van der Waals surface area contributed by atoms with Crippen LogP contribution in [0.15, 0.2) is 24.3 Å². The second-order valence-electron chi connectivity index (χ2n) is 4.01. The Bertz CT molecular complexity index is 477. The van der Waals surface area contributed by atoms with E-state index in [1.54, 1.807) is 6.07 Å². The lowest BCUT2D eigenvalue weighted by Crippen LogP contribution is -2.33. The second kappa shape index (κ2) is 6.70. The van der Waals surface area contributed by atoms with Crippen molar-refractivity contribution < 1.29 is 12.8 Å². The minimum Gasteiger partial charge on any atom is -0.316 e. The molecule has 0 aliphatic carbocycles. The Morgan fingerprint density at radius 3 is 2.67 bits per heavy atom. The zero-order valence-electron chi connectivity index (χ0n) is 10.7. The van der Waals surface area contributed by atoms with Crippen molar-refractivity contribution in [2.24, 2.45) is 0 Å². The maximum Gasteiger partial charge on any atom is 0.236 e. The van der Waals surface area contributed by atoms with E-state index in [0.717, 1.165) is 17.3 Å². The van der Waals surface area contributed by atoms with E-state index in [-0.39, 0.29) is 5.75 Å². The van der Waals surface area contributed by atoms with Gasteiger partial charge >= 0.3 is 0 Å². The Kier molecular flexibility index (Phi) is 5.55. The maximum atomic E-state index is 13.0. The number of halogens is 1. The van der Waals surface area contributed by atoms with Crippen LogP contribution in [0.3, 0.4) is 0 Å². The molecule has 0 fully saturated rings. The third-order valence-electron chi connectivity index (χ3n) is 2.55. The van der Waals surface area contributed by atoms with Crippen LogP contribution in [0.2, 0.25) is 0 Å². The number of anilines is 1. The van der Waals surface area contributed by atoms with Gasteiger partial charge in [0.15, 0.2) is 0 Å². The number of hydrogen-bond donors (Lipinski definition) is 1. The maximum absolute atomic E-state index is 13.0. The first-order valence-corrected chi connectivity index (χ1v) is 7.51. The molecule has 0 heterocycles. The van der Waals surface area contributed by atoms with Crippen molar-refractivity contribution in [2.75, 3.05) is 30.2 Å². The SMILES string of the molecule is CCCNCCS(=O)(=O)N(C)c1cccc(F)c1. The molecular weight excluding hydrogens is 255 g/mol. The van der Waals surface area contributed by atoms with Crippen molar-refractivity contribution >= 4 is 15.7 Å². The molecule has 0 unspecified atom stereocenters. The van der Waals surface area contributed by atoms with Crippen LogP contribution in [0.25, 0.3) is 0 Å². The van der Waals surface area contributed by atoms with E-state index < -0.39 is 15.8 Å². The van der Waals surface area contributed by atoms with Crippen LogP contribution in [0.5, 0.6) is 0 Å². The summed E-state index contributed by atoms with van der Waals surface area (Å²) in [5.74, 6) is -0.446. The first kappa shape index (κ1) is 14.9. The molecule has 1 rings (SSSR count). The van der Waals surface area contributed by atoms with Crippen LogP contribution >= 0.6 is 0 Å². The molecular formula is C12H19FN2O2S. The Morgan fingerprint density at radius 2 is 2.06 bits per heavy atom. The van der Waals surface area contributed by atoms with Crippen molar-refractivity contribution in [3.8, 4) is 0 Å². The summed E-state index contributed by atoms with van der Waals surface area (Å²) in [6, 6.07) is 5.55. The van der Waals surface area contributed by atoms with Crippen LogP contribution in [-0.4, -0.2) is 34.3 Å². The van der Waals surface area contributed by atoms with E-state index in [2.05, 4.69) is 5.32 Å². The normalized spacial score (nSPS) is 11.5. The summed E-state index contributed by atoms with van der Waals surface area (Å²) in [5.41, 5.74) is 0.338. The number of hydrogen-bond acceptors (Lipinski definition) is 3. The van der Waals surface area contributed by atoms with Gasteiger partial charge in [0.1, 0.15) is 5.82 Å². The van der Waals surface area contributed by atoms with E-state index in [1.807, 2.05) is 6.92 Å². The molecule has 0 radical (unpaired) electrons. The molecule has 1 aromatic carbocycles. The highest BCUT2D eigenvalue weighted by atomic mass is 32.2. The number of nitrogens with zero attached hydrogens (tertiary/aromatic N) is 1. The van der Waals surface area contributed by atoms with E-state index >= 15 is 0 Å². The van der Waals surface area contributed by atoms with Crippen LogP contribution in [0.4, 0.5) is 10.1 Å². The average molecular weight is 274 g/mol. The molecule has 1 aromatic rings. The van der Waals surface area contributed by atoms with E-state index in [4.69, 9.17) is 0 Å². The minimum atomic E-state index is -3.41. The quantitative estimate of drug-likeness (QED) is 0.768. The van der Waals surface area contributed by atoms with Gasteiger partial charge in [-0.15, -0.1) is 0 Å². The topological polar surface area (TPSA) is 49.4 Å². The summed E-state index contributed by atoms with van der Waals surface area (Å²) < 4.78 is 38.1. The highest BCUT2D eigenvalue weighted by Crippen LogP contribution is 2.17. The first-order valence-electron chi connectivity index (χ1n) is 5.90. The van der Waals surface area contributed by atoms with Gasteiger partial charge in [0.25, 0.3) is 0 Å². The lowest BCUT2D eigenvalue weighted by atomic mass is 10.3. The van der Waals surface area contributed by atoms with Gasteiger partial charge in [-0.2, -0.15) is 0 Å². The van der Waals surface area contributed by atoms with Gasteiger partial charge in [-0.05, 0) is 31.2 Å². The summed E-state index contributed by atoms with van der Waals surface area (Å²) in [7, 11) is -1.97. The fourth-order valence-electron chi connectivity index (χ4n) is 1.47. The third-order valence-corrected chi connectivity index (χ3v) is 4.32. The van der Waals surface area contributed by atoms with E-state index in [1.165, 1.54) is 25.2 Å². The molecule has 0 aliphatic rings. The molecule has 0 aromatic heterocycles. The zero-order valence-corrected chi connectivity index (χ0v) is 11.5. The Balaban J connectivity index is 2.67. The molecule has 4 nitrogen and oxygen atoms in total. The van der Waals surface area contributed by atoms with Crippen LogP contribution < -0.4 is 9.62 Å². The molecule has 0 spiro atoms. The van der Waals surface area contributed by atoms with E-state index in [9.17, 15) is 12.8 Å². The van der Waals surface area contributed by atoms with Gasteiger partial charge in [-0.1, -0.05) is 13.0 Å². The third kappa shape index (κ3) is 4.27. The average Bonchev–Trinajstić information content (AvgIpc) is 2.34. The smallest absolute Gasteiger partial charge is 0.236 e. The molecule has 6 heteroatoms. The van der Waals surface area contributed by atoms with Gasteiger partial charge in [0.2, 0.25) is 10.0 Å². The van der Waals surface area contributed by atoms with Crippen molar-refractivity contribution in [3.63, 3.8) is 0 Å². The highest BCUT2D eigenvalue weighted by Gasteiger charge is 2.18. The molecule has 0 saturated carbocycles. The Hall–Kier alpha value is -1.14. The van der Waals surface area contributed by atoms with Gasteiger partial charge in [-0.25, -0.2) is 12.8 Å². The van der Waals surface area contributed by atoms with Crippen LogP contribution in [0.1, 0.15) is 13.3 Å². The van der Waals surface area contributed by atoms with Gasteiger partial charge < -0.3 is 5.32 Å². The highest BCUT2D eigenvalue weighted by molar-refractivity contribution is 7.92. The monoisotopic (exact) mass is 274 g/mol. The summed E-state index contributed by atoms with van der Waals surface area (Å²) in [6.45, 7) is 3.20. The molecule has 18 heavy (non-hydrogen) atoms. The van der Waals surface area contributed by atoms with Crippen molar-refractivity contribution in [3.05, 3.63) is 30.1 Å². The van der Waals surface area contributed by atoms with Gasteiger partial charge in [0, 0.05) is 13.6 Å². The Morgan fingerprint density at radius 1 is 1.33 bits per heavy atom. The first-order chi connectivity index (χ1) is 8.47. The second-order valence-corrected chi connectivity index (χ2v) is 6.13. The van der Waals surface area contributed by atoms with E-state index in [0.29, 0.717) is 12.2 Å². The molecule has 0 aliphatic heterocycles. The standard InChI is InChI=1S/C12H19FN2O2S/c1-3-7-14-8-9-18(16,17)15(2)12-6-4-5-11(13)10-12/h4-6,10,14H,3,7-9H2,1-2H3. The van der Waals surface area contributed by atoms with Gasteiger partial charge in [0.05, 0.1) is 11.4 Å². The minimum absolute atomic E-state index is 0.0000132. The summed E-state index contributed by atoms with van der Waals surface area (Å²) in [4.78, 5) is 0. The fraction of sp³-hybridized carbons (Fsp3) is 0.500. The Labute approximate surface area is 108 Å². The van der Waals surface area contributed by atoms with Crippen molar-refractivity contribution in [1.29, 1.82) is 0 Å². The predicted octanol–water partition coefficient (Wildman–Crippen LogP) is 1.59. The lowest BCUT2D eigenvalue weighted by molar-refractivity contribution is 0.588. The van der Waals surface area contributed by atoms with Gasteiger partial charge in [-0.3, -0.25) is 4.31 Å². The fourth-order valence-corrected chi connectivity index (χ4v) is 2.58. The summed E-state index contributed by atoms with van der Waals surface area (Å²) in [5, 5.41) is 3.03. The summed E-state index contributed by atoms with van der Waals surface area (Å²) in [6.07, 6.45) is 0.958. The largest absolute Gasteiger partial charge is 0.316 e. The predicted molar refractivity (Wildman–Crippen MR) is 71.8 cm³/mol. The number of rotatable bonds is 7.